The zero-order valence-corrected chi connectivity index (χ0v) is 20.0. The van der Waals surface area contributed by atoms with Gasteiger partial charge in [0.15, 0.2) is 5.69 Å². The molecule has 0 N–H and O–H groups in total. The predicted octanol–water partition coefficient (Wildman–Crippen LogP) is 4.70. The van der Waals surface area contributed by atoms with Crippen molar-refractivity contribution in [2.45, 2.75) is 38.0 Å². The SMILES string of the molecule is COc1ncnc(C2CC2)c1-c1nn(C)c2c1CN(c1ccc(-c3nc(C(F)(F)F)cn3C)cc1)C2. The van der Waals surface area contributed by atoms with Crippen LogP contribution in [0.25, 0.3) is 22.6 Å². The monoisotopic (exact) mass is 495 g/mol. The number of alkyl halides is 3. The van der Waals surface area contributed by atoms with E-state index in [1.165, 1.54) is 4.57 Å². The summed E-state index contributed by atoms with van der Waals surface area (Å²) < 4.78 is 48.1. The number of hydrogen-bond acceptors (Lipinski definition) is 6. The van der Waals surface area contributed by atoms with E-state index in [9.17, 15) is 13.2 Å². The van der Waals surface area contributed by atoms with Crippen molar-refractivity contribution in [3.63, 3.8) is 0 Å². The second-order valence-electron chi connectivity index (χ2n) is 9.28. The molecule has 1 aliphatic carbocycles. The van der Waals surface area contributed by atoms with E-state index in [2.05, 4.69) is 19.9 Å². The van der Waals surface area contributed by atoms with E-state index in [0.717, 1.165) is 52.9 Å². The van der Waals surface area contributed by atoms with Gasteiger partial charge in [0.2, 0.25) is 5.88 Å². The molecule has 186 valence electrons. The Hall–Kier alpha value is -3.89. The quantitative estimate of drug-likeness (QED) is 0.400. The van der Waals surface area contributed by atoms with E-state index in [-0.39, 0.29) is 5.82 Å². The molecule has 1 aliphatic heterocycles. The summed E-state index contributed by atoms with van der Waals surface area (Å²) in [5, 5.41) is 4.82. The van der Waals surface area contributed by atoms with Crippen LogP contribution in [0.3, 0.4) is 0 Å². The number of methoxy groups -OCH3 is 1. The van der Waals surface area contributed by atoms with Crippen LogP contribution in [-0.2, 0) is 33.4 Å². The van der Waals surface area contributed by atoms with Crippen molar-refractivity contribution in [2.75, 3.05) is 12.0 Å². The number of benzene rings is 1. The summed E-state index contributed by atoms with van der Waals surface area (Å²) in [6.07, 6.45) is 0.274. The number of rotatable bonds is 5. The minimum Gasteiger partial charge on any atom is -0.480 e. The molecule has 1 aromatic carbocycles. The van der Waals surface area contributed by atoms with Crippen LogP contribution in [0.1, 0.15) is 41.4 Å². The highest BCUT2D eigenvalue weighted by molar-refractivity contribution is 5.74. The van der Waals surface area contributed by atoms with Crippen LogP contribution in [0.4, 0.5) is 18.9 Å². The Morgan fingerprint density at radius 2 is 1.78 bits per heavy atom. The second-order valence-corrected chi connectivity index (χ2v) is 9.28. The molecule has 6 rings (SSSR count). The maximum absolute atomic E-state index is 13.1. The van der Waals surface area contributed by atoms with Crippen LogP contribution >= 0.6 is 0 Å². The number of aryl methyl sites for hydroxylation is 2. The minimum absolute atomic E-state index is 0.272. The lowest BCUT2D eigenvalue weighted by molar-refractivity contribution is -0.140. The Morgan fingerprint density at radius 1 is 1.03 bits per heavy atom. The molecule has 0 bridgehead atoms. The average Bonchev–Trinajstić information content (AvgIpc) is 3.36. The minimum atomic E-state index is -4.48. The van der Waals surface area contributed by atoms with E-state index in [0.29, 0.717) is 30.5 Å². The van der Waals surface area contributed by atoms with Gasteiger partial charge in [-0.25, -0.2) is 15.0 Å². The number of aromatic nitrogens is 6. The van der Waals surface area contributed by atoms with Crippen LogP contribution < -0.4 is 9.64 Å². The van der Waals surface area contributed by atoms with E-state index < -0.39 is 11.9 Å². The van der Waals surface area contributed by atoms with Gasteiger partial charge in [0, 0.05) is 49.6 Å². The molecule has 1 saturated carbocycles. The molecule has 0 spiro atoms. The molecule has 4 heterocycles. The smallest absolute Gasteiger partial charge is 0.434 e. The first-order valence-electron chi connectivity index (χ1n) is 11.6. The number of ether oxygens (including phenoxy) is 1. The molecule has 2 aliphatic rings. The van der Waals surface area contributed by atoms with Gasteiger partial charge in [0.05, 0.1) is 30.6 Å². The highest BCUT2D eigenvalue weighted by atomic mass is 19.4. The van der Waals surface area contributed by atoms with Gasteiger partial charge >= 0.3 is 6.18 Å². The highest BCUT2D eigenvalue weighted by Gasteiger charge is 2.36. The van der Waals surface area contributed by atoms with E-state index in [1.54, 1.807) is 32.6 Å². The van der Waals surface area contributed by atoms with Crippen LogP contribution in [0, 0.1) is 0 Å². The molecule has 0 radical (unpaired) electrons. The summed E-state index contributed by atoms with van der Waals surface area (Å²) in [6.45, 7) is 1.30. The fraction of sp³-hybridized carbons (Fsp3) is 0.360. The summed E-state index contributed by atoms with van der Waals surface area (Å²) in [6, 6.07) is 7.44. The van der Waals surface area contributed by atoms with Crippen LogP contribution in [-0.4, -0.2) is 36.4 Å². The fourth-order valence-corrected chi connectivity index (χ4v) is 4.90. The lowest BCUT2D eigenvalue weighted by Gasteiger charge is -2.19. The number of halogens is 3. The van der Waals surface area contributed by atoms with Crippen LogP contribution in [0.2, 0.25) is 0 Å². The van der Waals surface area contributed by atoms with Crippen molar-refractivity contribution >= 4 is 5.69 Å². The molecule has 0 amide bonds. The molecule has 36 heavy (non-hydrogen) atoms. The first kappa shape index (κ1) is 22.6. The molecule has 3 aromatic heterocycles. The molecular formula is C25H24F3N7O. The lowest BCUT2D eigenvalue weighted by atomic mass is 10.0. The number of imidazole rings is 1. The lowest BCUT2D eigenvalue weighted by Crippen LogP contribution is -2.16. The van der Waals surface area contributed by atoms with Crippen molar-refractivity contribution < 1.29 is 17.9 Å². The van der Waals surface area contributed by atoms with Gasteiger partial charge in [0.1, 0.15) is 17.8 Å². The van der Waals surface area contributed by atoms with Crippen LogP contribution in [0.15, 0.2) is 36.8 Å². The van der Waals surface area contributed by atoms with Crippen molar-refractivity contribution in [2.24, 2.45) is 14.1 Å². The predicted molar refractivity (Wildman–Crippen MR) is 126 cm³/mol. The molecule has 0 atom stereocenters. The molecule has 4 aromatic rings. The van der Waals surface area contributed by atoms with Gasteiger partial charge < -0.3 is 14.2 Å². The maximum atomic E-state index is 13.1. The number of anilines is 1. The van der Waals surface area contributed by atoms with Crippen molar-refractivity contribution in [1.29, 1.82) is 0 Å². The normalized spacial score (nSPS) is 15.4. The van der Waals surface area contributed by atoms with Gasteiger partial charge in [-0.3, -0.25) is 4.68 Å². The molecule has 0 unspecified atom stereocenters. The van der Waals surface area contributed by atoms with Crippen molar-refractivity contribution in [3.8, 4) is 28.5 Å². The Kier molecular flexibility index (Phi) is 5.06. The summed E-state index contributed by atoms with van der Waals surface area (Å²) in [7, 11) is 5.11. The Bertz CT molecular complexity index is 1450. The van der Waals surface area contributed by atoms with Crippen molar-refractivity contribution in [3.05, 3.63) is 59.4 Å². The highest BCUT2D eigenvalue weighted by Crippen LogP contribution is 2.47. The summed E-state index contributed by atoms with van der Waals surface area (Å²) in [5.41, 5.74) is 5.59. The zero-order valence-electron chi connectivity index (χ0n) is 20.0. The number of hydrogen-bond donors (Lipinski definition) is 0. The standard InChI is InChI=1S/C25H24F3N7O/c1-33-12-19(25(26,27)28)31-23(33)15-6-8-16(9-7-15)35-10-17-18(11-35)34(2)32-22(17)20-21(14-4-5-14)29-13-30-24(20)36-3/h6-9,12-14H,4-5,10-11H2,1-3H3. The molecule has 1 fully saturated rings. The third-order valence-corrected chi connectivity index (χ3v) is 6.86. The molecule has 8 nitrogen and oxygen atoms in total. The third-order valence-electron chi connectivity index (χ3n) is 6.86. The van der Waals surface area contributed by atoms with E-state index >= 15 is 0 Å². The van der Waals surface area contributed by atoms with Gasteiger partial charge in [-0.15, -0.1) is 0 Å². The zero-order chi connectivity index (χ0) is 25.2. The Balaban J connectivity index is 1.30. The second kappa shape index (κ2) is 8.07. The van der Waals surface area contributed by atoms with Crippen LogP contribution in [0.5, 0.6) is 5.88 Å². The summed E-state index contributed by atoms with van der Waals surface area (Å²) in [4.78, 5) is 14.9. The Morgan fingerprint density at radius 3 is 2.42 bits per heavy atom. The van der Waals surface area contributed by atoms with Gasteiger partial charge in [-0.05, 0) is 37.1 Å². The number of fused-ring (bicyclic) bond motifs is 1. The fourth-order valence-electron chi connectivity index (χ4n) is 4.90. The average molecular weight is 496 g/mol. The summed E-state index contributed by atoms with van der Waals surface area (Å²) in [5.74, 6) is 1.21. The van der Waals surface area contributed by atoms with E-state index in [4.69, 9.17) is 9.84 Å². The maximum Gasteiger partial charge on any atom is 0.434 e. The third kappa shape index (κ3) is 3.69. The number of nitrogens with zero attached hydrogens (tertiary/aromatic N) is 7. The van der Waals surface area contributed by atoms with E-state index in [1.807, 2.05) is 23.9 Å². The molecule has 0 saturated heterocycles. The van der Waals surface area contributed by atoms with Crippen molar-refractivity contribution in [1.82, 2.24) is 29.3 Å². The first-order chi connectivity index (χ1) is 17.2. The van der Waals surface area contributed by atoms with Gasteiger partial charge in [-0.1, -0.05) is 0 Å². The van der Waals surface area contributed by atoms with Gasteiger partial charge in [-0.2, -0.15) is 18.3 Å². The van der Waals surface area contributed by atoms with Gasteiger partial charge in [0.25, 0.3) is 0 Å². The topological polar surface area (TPSA) is 73.9 Å². The molecule has 11 heteroatoms. The molecular weight excluding hydrogens is 471 g/mol. The first-order valence-corrected chi connectivity index (χ1v) is 11.6. The summed E-state index contributed by atoms with van der Waals surface area (Å²) >= 11 is 0. The largest absolute Gasteiger partial charge is 0.480 e. The Labute approximate surface area is 205 Å².